The normalized spacial score (nSPS) is 15.4. The fourth-order valence-corrected chi connectivity index (χ4v) is 2.10. The third-order valence-corrected chi connectivity index (χ3v) is 3.44. The minimum Gasteiger partial charge on any atom is -0.493 e. The second kappa shape index (κ2) is 5.45. The zero-order chi connectivity index (χ0) is 12.3. The van der Waals surface area contributed by atoms with Gasteiger partial charge in [-0.2, -0.15) is 0 Å². The average Bonchev–Trinajstić information content (AvgIpc) is 2.23. The molecular formula is C13H16FNOS. The molecule has 2 nitrogen and oxygen atoms in total. The van der Waals surface area contributed by atoms with E-state index in [4.69, 9.17) is 22.7 Å². The number of rotatable bonds is 5. The number of hydrogen-bond donors (Lipinski definition) is 1. The van der Waals surface area contributed by atoms with Crippen molar-refractivity contribution in [3.63, 3.8) is 0 Å². The van der Waals surface area contributed by atoms with E-state index in [2.05, 4.69) is 0 Å². The molecule has 1 aliphatic carbocycles. The summed E-state index contributed by atoms with van der Waals surface area (Å²) >= 11 is 4.88. The monoisotopic (exact) mass is 253 g/mol. The molecule has 1 aliphatic rings. The molecule has 1 aromatic carbocycles. The van der Waals surface area contributed by atoms with Crippen LogP contribution in [0, 0.1) is 11.7 Å². The molecule has 4 heteroatoms. The smallest absolute Gasteiger partial charge is 0.129 e. The van der Waals surface area contributed by atoms with Crippen molar-refractivity contribution in [2.45, 2.75) is 25.7 Å². The van der Waals surface area contributed by atoms with Gasteiger partial charge in [-0.15, -0.1) is 0 Å². The van der Waals surface area contributed by atoms with Crippen LogP contribution >= 0.6 is 12.2 Å². The van der Waals surface area contributed by atoms with Crippen molar-refractivity contribution in [1.29, 1.82) is 0 Å². The Morgan fingerprint density at radius 3 is 2.82 bits per heavy atom. The minimum atomic E-state index is -0.348. The fraction of sp³-hybridized carbons (Fsp3) is 0.462. The molecule has 0 unspecified atom stereocenters. The molecule has 0 saturated heterocycles. The minimum absolute atomic E-state index is 0.170. The van der Waals surface area contributed by atoms with Gasteiger partial charge in [0, 0.05) is 0 Å². The predicted octanol–water partition coefficient (Wildman–Crippen LogP) is 3.03. The van der Waals surface area contributed by atoms with Crippen LogP contribution in [0.1, 0.15) is 31.2 Å². The van der Waals surface area contributed by atoms with E-state index in [1.165, 1.54) is 31.4 Å². The van der Waals surface area contributed by atoms with Crippen LogP contribution < -0.4 is 10.5 Å². The van der Waals surface area contributed by atoms with Crippen molar-refractivity contribution in [3.8, 4) is 5.75 Å². The maximum Gasteiger partial charge on any atom is 0.129 e. The van der Waals surface area contributed by atoms with Crippen LogP contribution in [0.3, 0.4) is 0 Å². The molecule has 2 rings (SSSR count). The van der Waals surface area contributed by atoms with Gasteiger partial charge in [-0.3, -0.25) is 0 Å². The molecule has 0 aliphatic heterocycles. The Morgan fingerprint density at radius 1 is 1.47 bits per heavy atom. The molecule has 0 radical (unpaired) electrons. The highest BCUT2D eigenvalue weighted by Gasteiger charge is 2.17. The zero-order valence-corrected chi connectivity index (χ0v) is 10.4. The van der Waals surface area contributed by atoms with Crippen molar-refractivity contribution in [3.05, 3.63) is 29.6 Å². The van der Waals surface area contributed by atoms with Crippen molar-refractivity contribution in [2.24, 2.45) is 11.7 Å². The van der Waals surface area contributed by atoms with Crippen LogP contribution in [0.5, 0.6) is 5.75 Å². The molecule has 0 bridgehead atoms. The fourth-order valence-electron chi connectivity index (χ4n) is 1.94. The van der Waals surface area contributed by atoms with Crippen LogP contribution in [-0.2, 0) is 0 Å². The van der Waals surface area contributed by atoms with Gasteiger partial charge in [0.25, 0.3) is 0 Å². The number of thiocarbonyl (C=S) groups is 1. The van der Waals surface area contributed by atoms with Crippen molar-refractivity contribution >= 4 is 17.2 Å². The number of ether oxygens (including phenoxy) is 1. The lowest BCUT2D eigenvalue weighted by Gasteiger charge is -2.25. The summed E-state index contributed by atoms with van der Waals surface area (Å²) in [5, 5.41) is 0. The average molecular weight is 253 g/mol. The van der Waals surface area contributed by atoms with E-state index < -0.39 is 0 Å². The second-order valence-electron chi connectivity index (χ2n) is 4.44. The summed E-state index contributed by atoms with van der Waals surface area (Å²) in [5.74, 6) is 1.03. The molecule has 0 aromatic heterocycles. The Hall–Kier alpha value is -1.16. The Labute approximate surface area is 106 Å². The lowest BCUT2D eigenvalue weighted by Crippen LogP contribution is -2.16. The Morgan fingerprint density at radius 2 is 2.24 bits per heavy atom. The Kier molecular flexibility index (Phi) is 3.94. The molecule has 1 fully saturated rings. The van der Waals surface area contributed by atoms with E-state index in [1.54, 1.807) is 6.07 Å². The molecule has 0 heterocycles. The van der Waals surface area contributed by atoms with Crippen molar-refractivity contribution in [1.82, 2.24) is 0 Å². The number of nitrogens with two attached hydrogens (primary N) is 1. The lowest BCUT2D eigenvalue weighted by molar-refractivity contribution is 0.221. The second-order valence-corrected chi connectivity index (χ2v) is 4.88. The molecule has 0 amide bonds. The zero-order valence-electron chi connectivity index (χ0n) is 9.62. The highest BCUT2D eigenvalue weighted by Crippen LogP contribution is 2.29. The molecule has 0 atom stereocenters. The van der Waals surface area contributed by atoms with Crippen LogP contribution in [0.4, 0.5) is 4.39 Å². The molecule has 1 aromatic rings. The van der Waals surface area contributed by atoms with Crippen LogP contribution in [0.15, 0.2) is 18.2 Å². The Bertz CT molecular complexity index is 418. The summed E-state index contributed by atoms with van der Waals surface area (Å²) in [4.78, 5) is 0.170. The first-order valence-corrected chi connectivity index (χ1v) is 6.30. The molecular weight excluding hydrogens is 237 g/mol. The summed E-state index contributed by atoms with van der Waals surface area (Å²) in [6.07, 6.45) is 4.98. The number of halogens is 1. The van der Waals surface area contributed by atoms with Crippen molar-refractivity contribution in [2.75, 3.05) is 6.61 Å². The third-order valence-electron chi connectivity index (χ3n) is 3.22. The first kappa shape index (κ1) is 12.3. The van der Waals surface area contributed by atoms with E-state index in [-0.39, 0.29) is 10.8 Å². The van der Waals surface area contributed by atoms with E-state index in [9.17, 15) is 4.39 Å². The van der Waals surface area contributed by atoms with Gasteiger partial charge in [0.1, 0.15) is 16.6 Å². The highest BCUT2D eigenvalue weighted by molar-refractivity contribution is 7.80. The summed E-state index contributed by atoms with van der Waals surface area (Å²) in [7, 11) is 0. The summed E-state index contributed by atoms with van der Waals surface area (Å²) in [5.41, 5.74) is 6.02. The van der Waals surface area contributed by atoms with E-state index >= 15 is 0 Å². The van der Waals surface area contributed by atoms with Crippen molar-refractivity contribution < 1.29 is 9.13 Å². The van der Waals surface area contributed by atoms with E-state index in [0.29, 0.717) is 17.9 Å². The van der Waals surface area contributed by atoms with Gasteiger partial charge in [0.05, 0.1) is 12.2 Å². The summed E-state index contributed by atoms with van der Waals surface area (Å²) < 4.78 is 18.7. The van der Waals surface area contributed by atoms with Gasteiger partial charge in [0.15, 0.2) is 0 Å². The number of hydrogen-bond acceptors (Lipinski definition) is 2. The van der Waals surface area contributed by atoms with Gasteiger partial charge < -0.3 is 10.5 Å². The Balaban J connectivity index is 1.96. The molecule has 2 N–H and O–H groups in total. The van der Waals surface area contributed by atoms with Gasteiger partial charge in [-0.05, 0) is 30.5 Å². The maximum atomic E-state index is 13.1. The van der Waals surface area contributed by atoms with E-state index in [0.717, 1.165) is 12.3 Å². The molecule has 17 heavy (non-hydrogen) atoms. The maximum absolute atomic E-state index is 13.1. The van der Waals surface area contributed by atoms with Crippen LogP contribution in [0.25, 0.3) is 0 Å². The van der Waals surface area contributed by atoms with Crippen LogP contribution in [-0.4, -0.2) is 11.6 Å². The molecule has 1 saturated carbocycles. The lowest BCUT2D eigenvalue weighted by atomic mass is 9.83. The van der Waals surface area contributed by atoms with Crippen LogP contribution in [0.2, 0.25) is 0 Å². The quantitative estimate of drug-likeness (QED) is 0.819. The first-order valence-electron chi connectivity index (χ1n) is 5.89. The van der Waals surface area contributed by atoms with Gasteiger partial charge in [0.2, 0.25) is 0 Å². The highest BCUT2D eigenvalue weighted by atomic mass is 32.1. The topological polar surface area (TPSA) is 35.2 Å². The standard InChI is InChI=1S/C13H16FNOS/c14-10-4-5-12(11(8-10)13(15)17)16-7-6-9-2-1-3-9/h4-5,8-9H,1-3,6-7H2,(H2,15,17). The predicted molar refractivity (Wildman–Crippen MR) is 69.7 cm³/mol. The van der Waals surface area contributed by atoms with Gasteiger partial charge in [-0.25, -0.2) is 4.39 Å². The number of benzene rings is 1. The van der Waals surface area contributed by atoms with E-state index in [1.807, 2.05) is 0 Å². The summed E-state index contributed by atoms with van der Waals surface area (Å²) in [6, 6.07) is 4.27. The summed E-state index contributed by atoms with van der Waals surface area (Å²) in [6.45, 7) is 0.645. The van der Waals surface area contributed by atoms with Gasteiger partial charge >= 0.3 is 0 Å². The van der Waals surface area contributed by atoms with Gasteiger partial charge in [-0.1, -0.05) is 31.5 Å². The third kappa shape index (κ3) is 3.16. The largest absolute Gasteiger partial charge is 0.493 e. The molecule has 92 valence electrons. The molecule has 0 spiro atoms. The first-order chi connectivity index (χ1) is 8.16. The SMILES string of the molecule is NC(=S)c1cc(F)ccc1OCCC1CCC1.